The van der Waals surface area contributed by atoms with Crippen LogP contribution in [0.15, 0.2) is 0 Å². The predicted molar refractivity (Wildman–Crippen MR) is 71.9 cm³/mol. The van der Waals surface area contributed by atoms with Gasteiger partial charge in [0.25, 0.3) is 0 Å². The average molecular weight is 271 g/mol. The molecule has 0 saturated heterocycles. The zero-order chi connectivity index (χ0) is 14.3. The van der Waals surface area contributed by atoms with Gasteiger partial charge in [-0.3, -0.25) is 9.59 Å². The van der Waals surface area contributed by atoms with Gasteiger partial charge < -0.3 is 15.2 Å². The standard InChI is InChI=1S/C14H25NO4/c1-3-19-10-11(2)15-12(16)9-14(13(17)18)7-5-4-6-8-14/h11H,3-10H2,1-2H3,(H,15,16)(H,17,18). The Morgan fingerprint density at radius 3 is 2.47 bits per heavy atom. The molecule has 0 aromatic rings. The fraction of sp³-hybridized carbons (Fsp3) is 0.857. The van der Waals surface area contributed by atoms with E-state index in [4.69, 9.17) is 4.74 Å². The molecule has 19 heavy (non-hydrogen) atoms. The summed E-state index contributed by atoms with van der Waals surface area (Å²) in [5.41, 5.74) is -0.854. The first-order chi connectivity index (χ1) is 9.00. The van der Waals surface area contributed by atoms with E-state index in [1.165, 1.54) is 0 Å². The molecule has 1 fully saturated rings. The molecule has 0 aromatic carbocycles. The second kappa shape index (κ2) is 7.48. The zero-order valence-corrected chi connectivity index (χ0v) is 11.9. The molecule has 1 atom stereocenters. The summed E-state index contributed by atoms with van der Waals surface area (Å²) in [6, 6.07) is -0.0816. The molecule has 1 rings (SSSR count). The van der Waals surface area contributed by atoms with Gasteiger partial charge in [0.15, 0.2) is 0 Å². The van der Waals surface area contributed by atoms with Crippen LogP contribution in [0.5, 0.6) is 0 Å². The highest BCUT2D eigenvalue weighted by molar-refractivity contribution is 5.85. The van der Waals surface area contributed by atoms with Crippen molar-refractivity contribution in [1.29, 1.82) is 0 Å². The van der Waals surface area contributed by atoms with Crippen molar-refractivity contribution in [3.63, 3.8) is 0 Å². The van der Waals surface area contributed by atoms with Crippen LogP contribution in [0.3, 0.4) is 0 Å². The largest absolute Gasteiger partial charge is 0.481 e. The van der Waals surface area contributed by atoms with E-state index in [1.54, 1.807) is 0 Å². The van der Waals surface area contributed by atoms with Gasteiger partial charge >= 0.3 is 5.97 Å². The van der Waals surface area contributed by atoms with Gasteiger partial charge in [-0.25, -0.2) is 0 Å². The Morgan fingerprint density at radius 2 is 1.95 bits per heavy atom. The Balaban J connectivity index is 2.50. The molecule has 0 aromatic heterocycles. The van der Waals surface area contributed by atoms with Crippen LogP contribution >= 0.6 is 0 Å². The number of carboxylic acids is 1. The van der Waals surface area contributed by atoms with E-state index in [-0.39, 0.29) is 18.4 Å². The summed E-state index contributed by atoms with van der Waals surface area (Å²) in [4.78, 5) is 23.4. The third kappa shape index (κ3) is 4.82. The third-order valence-corrected chi connectivity index (χ3v) is 3.74. The predicted octanol–water partition coefficient (Wildman–Crippen LogP) is 1.95. The van der Waals surface area contributed by atoms with Crippen molar-refractivity contribution in [3.05, 3.63) is 0 Å². The number of ether oxygens (including phenoxy) is 1. The fourth-order valence-corrected chi connectivity index (χ4v) is 2.66. The maximum atomic E-state index is 12.0. The van der Waals surface area contributed by atoms with Crippen LogP contribution in [-0.4, -0.2) is 36.2 Å². The van der Waals surface area contributed by atoms with Gasteiger partial charge in [0.05, 0.1) is 12.0 Å². The Morgan fingerprint density at radius 1 is 1.32 bits per heavy atom. The number of aliphatic carboxylic acids is 1. The fourth-order valence-electron chi connectivity index (χ4n) is 2.66. The molecule has 1 unspecified atom stereocenters. The van der Waals surface area contributed by atoms with Crippen LogP contribution in [0.1, 0.15) is 52.4 Å². The van der Waals surface area contributed by atoms with Crippen molar-refractivity contribution in [2.24, 2.45) is 5.41 Å². The maximum absolute atomic E-state index is 12.0. The highest BCUT2D eigenvalue weighted by Gasteiger charge is 2.41. The summed E-state index contributed by atoms with van der Waals surface area (Å²) in [6.45, 7) is 4.83. The van der Waals surface area contributed by atoms with Crippen LogP contribution in [0.25, 0.3) is 0 Å². The number of nitrogens with one attached hydrogen (secondary N) is 1. The van der Waals surface area contributed by atoms with Gasteiger partial charge in [-0.15, -0.1) is 0 Å². The van der Waals surface area contributed by atoms with Crippen molar-refractivity contribution < 1.29 is 19.4 Å². The van der Waals surface area contributed by atoms with E-state index in [2.05, 4.69) is 5.32 Å². The van der Waals surface area contributed by atoms with Crippen LogP contribution in [0.4, 0.5) is 0 Å². The molecule has 1 amide bonds. The number of carbonyl (C=O) groups excluding carboxylic acids is 1. The summed E-state index contributed by atoms with van der Waals surface area (Å²) in [6.07, 6.45) is 4.16. The molecule has 0 radical (unpaired) electrons. The molecule has 1 aliphatic rings. The quantitative estimate of drug-likeness (QED) is 0.742. The number of amides is 1. The molecule has 110 valence electrons. The molecule has 5 heteroatoms. The number of carbonyl (C=O) groups is 2. The number of hydrogen-bond donors (Lipinski definition) is 2. The van der Waals surface area contributed by atoms with Crippen LogP contribution in [-0.2, 0) is 14.3 Å². The number of rotatable bonds is 7. The Labute approximate surface area is 114 Å². The molecule has 0 heterocycles. The van der Waals surface area contributed by atoms with Crippen LogP contribution in [0, 0.1) is 5.41 Å². The normalized spacial score (nSPS) is 19.7. The topological polar surface area (TPSA) is 75.6 Å². The van der Waals surface area contributed by atoms with E-state index < -0.39 is 11.4 Å². The first-order valence-electron chi connectivity index (χ1n) is 7.10. The monoisotopic (exact) mass is 271 g/mol. The Bertz CT molecular complexity index is 311. The zero-order valence-electron chi connectivity index (χ0n) is 11.9. The van der Waals surface area contributed by atoms with Gasteiger partial charge in [-0.05, 0) is 26.7 Å². The van der Waals surface area contributed by atoms with E-state index in [1.807, 2.05) is 13.8 Å². The highest BCUT2D eigenvalue weighted by atomic mass is 16.5. The Kier molecular flexibility index (Phi) is 6.28. The minimum Gasteiger partial charge on any atom is -0.481 e. The van der Waals surface area contributed by atoms with Crippen molar-refractivity contribution in [2.75, 3.05) is 13.2 Å². The lowest BCUT2D eigenvalue weighted by Crippen LogP contribution is -2.42. The Hall–Kier alpha value is -1.10. The van der Waals surface area contributed by atoms with Gasteiger partial charge in [0.2, 0.25) is 5.91 Å². The molecule has 1 saturated carbocycles. The lowest BCUT2D eigenvalue weighted by molar-refractivity contribution is -0.154. The van der Waals surface area contributed by atoms with Crippen LogP contribution in [0.2, 0.25) is 0 Å². The van der Waals surface area contributed by atoms with Crippen molar-refractivity contribution >= 4 is 11.9 Å². The first kappa shape index (κ1) is 16.0. The number of carboxylic acid groups (broad SMARTS) is 1. The minimum absolute atomic E-state index is 0.0816. The molecular formula is C14H25NO4. The molecule has 2 N–H and O–H groups in total. The summed E-state index contributed by atoms with van der Waals surface area (Å²) < 4.78 is 5.23. The van der Waals surface area contributed by atoms with Crippen molar-refractivity contribution in [2.45, 2.75) is 58.4 Å². The molecule has 5 nitrogen and oxygen atoms in total. The van der Waals surface area contributed by atoms with Crippen molar-refractivity contribution in [3.8, 4) is 0 Å². The SMILES string of the molecule is CCOCC(C)NC(=O)CC1(C(=O)O)CCCCC1. The maximum Gasteiger partial charge on any atom is 0.310 e. The second-order valence-corrected chi connectivity index (χ2v) is 5.45. The van der Waals surface area contributed by atoms with E-state index >= 15 is 0 Å². The molecule has 0 spiro atoms. The molecule has 0 aliphatic heterocycles. The lowest BCUT2D eigenvalue weighted by atomic mass is 9.71. The number of hydrogen-bond acceptors (Lipinski definition) is 3. The van der Waals surface area contributed by atoms with Gasteiger partial charge in [0, 0.05) is 19.1 Å². The lowest BCUT2D eigenvalue weighted by Gasteiger charge is -2.32. The summed E-state index contributed by atoms with van der Waals surface area (Å²) in [7, 11) is 0. The third-order valence-electron chi connectivity index (χ3n) is 3.74. The van der Waals surface area contributed by atoms with Crippen LogP contribution < -0.4 is 5.32 Å². The molecule has 1 aliphatic carbocycles. The minimum atomic E-state index is -0.854. The van der Waals surface area contributed by atoms with E-state index in [0.717, 1.165) is 19.3 Å². The van der Waals surface area contributed by atoms with Gasteiger partial charge in [-0.1, -0.05) is 19.3 Å². The van der Waals surface area contributed by atoms with Crippen molar-refractivity contribution in [1.82, 2.24) is 5.32 Å². The first-order valence-corrected chi connectivity index (χ1v) is 7.10. The van der Waals surface area contributed by atoms with E-state index in [9.17, 15) is 14.7 Å². The molecule has 0 bridgehead atoms. The highest BCUT2D eigenvalue weighted by Crippen LogP contribution is 2.39. The average Bonchev–Trinajstić information content (AvgIpc) is 2.37. The second-order valence-electron chi connectivity index (χ2n) is 5.45. The van der Waals surface area contributed by atoms with Gasteiger partial charge in [-0.2, -0.15) is 0 Å². The summed E-state index contributed by atoms with van der Waals surface area (Å²) in [5.74, 6) is -1.02. The summed E-state index contributed by atoms with van der Waals surface area (Å²) >= 11 is 0. The van der Waals surface area contributed by atoms with E-state index in [0.29, 0.717) is 26.1 Å². The summed E-state index contributed by atoms with van der Waals surface area (Å²) in [5, 5.41) is 12.2. The smallest absolute Gasteiger partial charge is 0.310 e. The molecular weight excluding hydrogens is 246 g/mol. The van der Waals surface area contributed by atoms with Gasteiger partial charge in [0.1, 0.15) is 0 Å².